The fraction of sp³-hybridized carbons (Fsp3) is 0.385. The highest BCUT2D eigenvalue weighted by Gasteiger charge is 2.21. The summed E-state index contributed by atoms with van der Waals surface area (Å²) in [5.41, 5.74) is 1.59. The molecule has 0 radical (unpaired) electrons. The van der Waals surface area contributed by atoms with E-state index in [2.05, 4.69) is 15.9 Å². The number of carbonyl (C=O) groups excluding carboxylic acids is 1. The van der Waals surface area contributed by atoms with Gasteiger partial charge in [0.05, 0.1) is 12.2 Å². The summed E-state index contributed by atoms with van der Waals surface area (Å²) < 4.78 is 6.33. The number of benzene rings is 1. The largest absolute Gasteiger partial charge is 0.492 e. The predicted molar refractivity (Wildman–Crippen MR) is 69.2 cm³/mol. The molecule has 4 nitrogen and oxygen atoms in total. The number of ether oxygens (including phenoxy) is 1. The van der Waals surface area contributed by atoms with Gasteiger partial charge in [0.15, 0.2) is 5.78 Å². The number of hydrogen-bond donors (Lipinski definition) is 1. The number of rotatable bonds is 5. The lowest BCUT2D eigenvalue weighted by atomic mass is 10.0. The Morgan fingerprint density at radius 1 is 1.33 bits per heavy atom. The van der Waals surface area contributed by atoms with Gasteiger partial charge in [0.1, 0.15) is 5.75 Å². The molecule has 1 aliphatic heterocycles. The fourth-order valence-electron chi connectivity index (χ4n) is 2.01. The summed E-state index contributed by atoms with van der Waals surface area (Å²) in [5.74, 6) is -0.271. The maximum absolute atomic E-state index is 12.0. The monoisotopic (exact) mass is 312 g/mol. The Morgan fingerprint density at radius 2 is 2.11 bits per heavy atom. The molecule has 18 heavy (non-hydrogen) atoms. The van der Waals surface area contributed by atoms with Crippen molar-refractivity contribution in [2.45, 2.75) is 25.7 Å². The van der Waals surface area contributed by atoms with E-state index in [0.717, 1.165) is 16.5 Å². The van der Waals surface area contributed by atoms with Crippen LogP contribution >= 0.6 is 15.9 Å². The molecule has 0 unspecified atom stereocenters. The summed E-state index contributed by atoms with van der Waals surface area (Å²) in [4.78, 5) is 22.5. The molecule has 96 valence electrons. The van der Waals surface area contributed by atoms with Gasteiger partial charge >= 0.3 is 5.97 Å². The quantitative estimate of drug-likeness (QED) is 0.849. The molecule has 0 saturated carbocycles. The highest BCUT2D eigenvalue weighted by atomic mass is 79.9. The molecule has 2 rings (SSSR count). The van der Waals surface area contributed by atoms with E-state index >= 15 is 0 Å². The van der Waals surface area contributed by atoms with E-state index in [0.29, 0.717) is 24.3 Å². The zero-order valence-electron chi connectivity index (χ0n) is 9.74. The lowest BCUT2D eigenvalue weighted by Gasteiger charge is -2.07. The Hall–Kier alpha value is -1.36. The first-order valence-corrected chi connectivity index (χ1v) is 6.57. The van der Waals surface area contributed by atoms with E-state index in [-0.39, 0.29) is 18.6 Å². The summed E-state index contributed by atoms with van der Waals surface area (Å²) >= 11 is 3.37. The maximum Gasteiger partial charge on any atom is 0.303 e. The third-order valence-corrected chi connectivity index (χ3v) is 3.30. The first-order chi connectivity index (χ1) is 8.58. The first kappa shape index (κ1) is 13.1. The first-order valence-electron chi connectivity index (χ1n) is 5.78. The number of carboxylic acids is 1. The zero-order chi connectivity index (χ0) is 13.1. The molecular weight excluding hydrogens is 300 g/mol. The van der Waals surface area contributed by atoms with Gasteiger partial charge in [0.2, 0.25) is 0 Å². The third-order valence-electron chi connectivity index (χ3n) is 2.84. The Kier molecular flexibility index (Phi) is 4.01. The highest BCUT2D eigenvalue weighted by Crippen LogP contribution is 2.33. The lowest BCUT2D eigenvalue weighted by molar-refractivity contribution is -0.137. The number of aliphatic carboxylic acids is 1. The molecule has 0 bridgehead atoms. The van der Waals surface area contributed by atoms with E-state index in [9.17, 15) is 9.59 Å². The van der Waals surface area contributed by atoms with Gasteiger partial charge in [-0.25, -0.2) is 0 Å². The van der Waals surface area contributed by atoms with Crippen LogP contribution in [0, 0.1) is 0 Å². The Labute approximate surface area is 113 Å². The molecule has 0 saturated heterocycles. The van der Waals surface area contributed by atoms with Gasteiger partial charge in [-0.15, -0.1) is 0 Å². The van der Waals surface area contributed by atoms with Crippen molar-refractivity contribution in [2.75, 3.05) is 6.61 Å². The van der Waals surface area contributed by atoms with Gasteiger partial charge in [0, 0.05) is 23.7 Å². The van der Waals surface area contributed by atoms with Crippen molar-refractivity contribution >= 4 is 27.7 Å². The summed E-state index contributed by atoms with van der Waals surface area (Å²) in [5, 5.41) is 8.55. The average molecular weight is 313 g/mol. The Morgan fingerprint density at radius 3 is 2.83 bits per heavy atom. The number of carbonyl (C=O) groups is 2. The van der Waals surface area contributed by atoms with Crippen molar-refractivity contribution in [3.63, 3.8) is 0 Å². The summed E-state index contributed by atoms with van der Waals surface area (Å²) in [6.45, 7) is 0.598. The Balaban J connectivity index is 2.13. The highest BCUT2D eigenvalue weighted by molar-refractivity contribution is 9.10. The summed E-state index contributed by atoms with van der Waals surface area (Å²) in [7, 11) is 0. The summed E-state index contributed by atoms with van der Waals surface area (Å²) in [6, 6.07) is 3.70. The topological polar surface area (TPSA) is 63.6 Å². The van der Waals surface area contributed by atoms with Crippen molar-refractivity contribution in [1.29, 1.82) is 0 Å². The van der Waals surface area contributed by atoms with Gasteiger partial charge in [0.25, 0.3) is 0 Å². The van der Waals surface area contributed by atoms with Gasteiger partial charge in [-0.2, -0.15) is 0 Å². The van der Waals surface area contributed by atoms with E-state index < -0.39 is 5.97 Å². The molecule has 0 aliphatic carbocycles. The lowest BCUT2D eigenvalue weighted by Crippen LogP contribution is -2.04. The smallest absolute Gasteiger partial charge is 0.303 e. The van der Waals surface area contributed by atoms with Crippen LogP contribution in [0.15, 0.2) is 16.6 Å². The maximum atomic E-state index is 12.0. The average Bonchev–Trinajstić information content (AvgIpc) is 2.74. The minimum absolute atomic E-state index is 0.0167. The van der Waals surface area contributed by atoms with Crippen LogP contribution < -0.4 is 4.74 Å². The SMILES string of the molecule is O=C(O)CCCC(=O)c1cc(Br)cc2c1OCC2. The van der Waals surface area contributed by atoms with Crippen LogP contribution in [0.1, 0.15) is 35.2 Å². The van der Waals surface area contributed by atoms with E-state index in [1.807, 2.05) is 6.07 Å². The molecule has 5 heteroatoms. The van der Waals surface area contributed by atoms with Gasteiger partial charge in [-0.1, -0.05) is 15.9 Å². The van der Waals surface area contributed by atoms with Crippen LogP contribution in [-0.4, -0.2) is 23.5 Å². The van der Waals surface area contributed by atoms with Crippen molar-refractivity contribution in [3.8, 4) is 5.75 Å². The predicted octanol–water partition coefficient (Wildman–Crippen LogP) is 2.82. The zero-order valence-corrected chi connectivity index (χ0v) is 11.3. The van der Waals surface area contributed by atoms with Crippen LogP contribution in [0.5, 0.6) is 5.75 Å². The van der Waals surface area contributed by atoms with Crippen LogP contribution in [0.4, 0.5) is 0 Å². The standard InChI is InChI=1S/C13H13BrO4/c14-9-6-8-4-5-18-13(8)10(7-9)11(15)2-1-3-12(16)17/h6-7H,1-5H2,(H,16,17). The van der Waals surface area contributed by atoms with E-state index in [1.54, 1.807) is 6.07 Å². The number of hydrogen-bond acceptors (Lipinski definition) is 3. The minimum atomic E-state index is -0.876. The van der Waals surface area contributed by atoms with E-state index in [1.165, 1.54) is 0 Å². The second kappa shape index (κ2) is 5.52. The van der Waals surface area contributed by atoms with Crippen LogP contribution in [0.2, 0.25) is 0 Å². The molecule has 0 aromatic heterocycles. The number of ketones is 1. The van der Waals surface area contributed by atoms with Crippen LogP contribution in [0.25, 0.3) is 0 Å². The van der Waals surface area contributed by atoms with E-state index in [4.69, 9.17) is 9.84 Å². The molecule has 1 heterocycles. The molecule has 1 aromatic carbocycles. The van der Waals surface area contributed by atoms with Crippen molar-refractivity contribution in [1.82, 2.24) is 0 Å². The molecular formula is C13H13BrO4. The fourth-order valence-corrected chi connectivity index (χ4v) is 2.52. The third kappa shape index (κ3) is 2.90. The number of carboxylic acid groups (broad SMARTS) is 1. The number of fused-ring (bicyclic) bond motifs is 1. The molecule has 1 N–H and O–H groups in total. The molecule has 0 fully saturated rings. The van der Waals surface area contributed by atoms with Crippen LogP contribution in [-0.2, 0) is 11.2 Å². The van der Waals surface area contributed by atoms with Crippen LogP contribution in [0.3, 0.4) is 0 Å². The van der Waals surface area contributed by atoms with Crippen molar-refractivity contribution < 1.29 is 19.4 Å². The summed E-state index contributed by atoms with van der Waals surface area (Å²) in [6.07, 6.45) is 1.42. The molecule has 1 aliphatic rings. The molecule has 0 amide bonds. The Bertz CT molecular complexity index is 496. The van der Waals surface area contributed by atoms with Gasteiger partial charge in [-0.3, -0.25) is 9.59 Å². The number of halogens is 1. The second-order valence-corrected chi connectivity index (χ2v) is 5.13. The van der Waals surface area contributed by atoms with Crippen molar-refractivity contribution in [2.24, 2.45) is 0 Å². The van der Waals surface area contributed by atoms with Gasteiger partial charge < -0.3 is 9.84 Å². The van der Waals surface area contributed by atoms with Crippen molar-refractivity contribution in [3.05, 3.63) is 27.7 Å². The second-order valence-electron chi connectivity index (χ2n) is 4.21. The molecule has 0 atom stereocenters. The molecule has 0 spiro atoms. The minimum Gasteiger partial charge on any atom is -0.492 e. The molecule has 1 aromatic rings. The number of Topliss-reactive ketones (excluding diaryl/α,β-unsaturated/α-hetero) is 1. The van der Waals surface area contributed by atoms with Gasteiger partial charge in [-0.05, 0) is 24.1 Å². The normalized spacial score (nSPS) is 12.9.